The molecule has 6 nitrogen and oxygen atoms in total. The van der Waals surface area contributed by atoms with E-state index in [2.05, 4.69) is 0 Å². The van der Waals surface area contributed by atoms with Crippen molar-refractivity contribution < 1.29 is 19.4 Å². The van der Waals surface area contributed by atoms with Gasteiger partial charge in [0.2, 0.25) is 5.91 Å². The summed E-state index contributed by atoms with van der Waals surface area (Å²) in [5.41, 5.74) is -0.499. The van der Waals surface area contributed by atoms with Gasteiger partial charge in [-0.3, -0.25) is 4.79 Å². The lowest BCUT2D eigenvalue weighted by molar-refractivity contribution is -0.133. The average molecular weight is 286 g/mol. The van der Waals surface area contributed by atoms with Crippen molar-refractivity contribution in [2.24, 2.45) is 0 Å². The first-order valence-corrected chi connectivity index (χ1v) is 7.13. The van der Waals surface area contributed by atoms with Crippen LogP contribution in [0, 0.1) is 0 Å². The van der Waals surface area contributed by atoms with Crippen molar-refractivity contribution in [2.45, 2.75) is 52.2 Å². The van der Waals surface area contributed by atoms with E-state index in [4.69, 9.17) is 4.74 Å². The second-order valence-electron chi connectivity index (χ2n) is 6.24. The summed E-state index contributed by atoms with van der Waals surface area (Å²) in [6.45, 7) is 9.22. The van der Waals surface area contributed by atoms with Crippen molar-refractivity contribution in [3.05, 3.63) is 0 Å². The van der Waals surface area contributed by atoms with E-state index in [-0.39, 0.29) is 12.0 Å². The van der Waals surface area contributed by atoms with Crippen molar-refractivity contribution >= 4 is 12.0 Å². The largest absolute Gasteiger partial charge is 0.444 e. The molecule has 0 saturated carbocycles. The Kier molecular flexibility index (Phi) is 5.80. The Morgan fingerprint density at radius 2 is 1.65 bits per heavy atom. The molecule has 116 valence electrons. The summed E-state index contributed by atoms with van der Waals surface area (Å²) in [5.74, 6) is 0.0368. The molecular weight excluding hydrogens is 260 g/mol. The van der Waals surface area contributed by atoms with E-state index in [0.29, 0.717) is 39.0 Å². The highest BCUT2D eigenvalue weighted by atomic mass is 16.6. The predicted octanol–water partition coefficient (Wildman–Crippen LogP) is 1.23. The van der Waals surface area contributed by atoms with Crippen LogP contribution in [0.5, 0.6) is 0 Å². The number of hydrogen-bond acceptors (Lipinski definition) is 4. The molecule has 1 fully saturated rings. The lowest BCUT2D eigenvalue weighted by Crippen LogP contribution is -2.51. The van der Waals surface area contributed by atoms with Gasteiger partial charge < -0.3 is 19.6 Å². The summed E-state index contributed by atoms with van der Waals surface area (Å²) in [6, 6.07) is 0. The summed E-state index contributed by atoms with van der Waals surface area (Å²) in [4.78, 5) is 27.1. The number of amides is 2. The van der Waals surface area contributed by atoms with E-state index >= 15 is 0 Å². The quantitative estimate of drug-likeness (QED) is 0.847. The monoisotopic (exact) mass is 286 g/mol. The first-order chi connectivity index (χ1) is 9.19. The van der Waals surface area contributed by atoms with Crippen LogP contribution in [0.25, 0.3) is 0 Å². The number of rotatable bonds is 3. The molecular formula is C14H26N2O4. The molecule has 1 N–H and O–H groups in total. The van der Waals surface area contributed by atoms with Gasteiger partial charge in [0, 0.05) is 32.6 Å². The van der Waals surface area contributed by atoms with Crippen LogP contribution in [0.3, 0.4) is 0 Å². The van der Waals surface area contributed by atoms with Gasteiger partial charge in [-0.15, -0.1) is 0 Å². The van der Waals surface area contributed by atoms with Crippen molar-refractivity contribution in [1.82, 2.24) is 9.80 Å². The number of carbonyl (C=O) groups excluding carboxylic acids is 2. The van der Waals surface area contributed by atoms with Gasteiger partial charge in [0.25, 0.3) is 0 Å². The number of piperazine rings is 1. The van der Waals surface area contributed by atoms with E-state index in [1.54, 1.807) is 16.7 Å². The molecule has 0 aromatic heterocycles. The molecule has 0 radical (unpaired) electrons. The van der Waals surface area contributed by atoms with Gasteiger partial charge in [0.15, 0.2) is 0 Å². The van der Waals surface area contributed by atoms with Crippen molar-refractivity contribution in [2.75, 3.05) is 26.2 Å². The maximum Gasteiger partial charge on any atom is 0.410 e. The van der Waals surface area contributed by atoms with Crippen LogP contribution in [0.15, 0.2) is 0 Å². The smallest absolute Gasteiger partial charge is 0.410 e. The number of ether oxygens (including phenoxy) is 1. The van der Waals surface area contributed by atoms with Gasteiger partial charge in [-0.25, -0.2) is 4.79 Å². The number of aliphatic hydroxyl groups excluding tert-OH is 1. The minimum absolute atomic E-state index is 0.0368. The fourth-order valence-corrected chi connectivity index (χ4v) is 1.96. The SMILES string of the molecule is C[C@H](O)CCC(=O)N1CCN(C(=O)OC(C)(C)C)CC1. The molecule has 6 heteroatoms. The van der Waals surface area contributed by atoms with E-state index < -0.39 is 11.7 Å². The average Bonchev–Trinajstić information content (AvgIpc) is 2.34. The zero-order valence-corrected chi connectivity index (χ0v) is 12.9. The van der Waals surface area contributed by atoms with Gasteiger partial charge in [0.1, 0.15) is 5.60 Å². The highest BCUT2D eigenvalue weighted by Gasteiger charge is 2.27. The lowest BCUT2D eigenvalue weighted by Gasteiger charge is -2.35. The summed E-state index contributed by atoms with van der Waals surface area (Å²) in [7, 11) is 0. The maximum absolute atomic E-state index is 11.9. The topological polar surface area (TPSA) is 70.1 Å². The Morgan fingerprint density at radius 3 is 2.10 bits per heavy atom. The van der Waals surface area contributed by atoms with E-state index in [0.717, 1.165) is 0 Å². The number of aliphatic hydroxyl groups is 1. The molecule has 1 atom stereocenters. The predicted molar refractivity (Wildman–Crippen MR) is 75.3 cm³/mol. The maximum atomic E-state index is 11.9. The lowest BCUT2D eigenvalue weighted by atomic mass is 10.2. The van der Waals surface area contributed by atoms with E-state index in [1.807, 2.05) is 20.8 Å². The number of hydrogen-bond donors (Lipinski definition) is 1. The van der Waals surface area contributed by atoms with Crippen LogP contribution in [-0.4, -0.2) is 64.8 Å². The normalized spacial score (nSPS) is 17.9. The molecule has 2 amide bonds. The Labute approximate surface area is 120 Å². The summed E-state index contributed by atoms with van der Waals surface area (Å²) in [6.07, 6.45) is 0.0467. The van der Waals surface area contributed by atoms with Crippen LogP contribution in [0.1, 0.15) is 40.5 Å². The Balaban J connectivity index is 2.36. The minimum atomic E-state index is -0.499. The molecule has 20 heavy (non-hydrogen) atoms. The Bertz CT molecular complexity index is 342. The molecule has 0 aromatic carbocycles. The van der Waals surface area contributed by atoms with Gasteiger partial charge in [-0.1, -0.05) is 0 Å². The molecule has 1 heterocycles. The Hall–Kier alpha value is -1.30. The van der Waals surface area contributed by atoms with Crippen LogP contribution < -0.4 is 0 Å². The zero-order chi connectivity index (χ0) is 15.3. The van der Waals surface area contributed by atoms with Crippen LogP contribution >= 0.6 is 0 Å². The van der Waals surface area contributed by atoms with E-state index in [9.17, 15) is 14.7 Å². The third kappa shape index (κ3) is 5.77. The third-order valence-corrected chi connectivity index (χ3v) is 3.06. The zero-order valence-electron chi connectivity index (χ0n) is 12.9. The second kappa shape index (κ2) is 6.92. The molecule has 0 spiro atoms. The van der Waals surface area contributed by atoms with E-state index in [1.165, 1.54) is 0 Å². The molecule has 0 unspecified atom stereocenters. The summed E-state index contributed by atoms with van der Waals surface area (Å²) < 4.78 is 5.30. The molecule has 1 saturated heterocycles. The highest BCUT2D eigenvalue weighted by Crippen LogP contribution is 2.12. The summed E-state index contributed by atoms with van der Waals surface area (Å²) in [5, 5.41) is 9.18. The van der Waals surface area contributed by atoms with Gasteiger partial charge in [-0.05, 0) is 34.1 Å². The fourth-order valence-electron chi connectivity index (χ4n) is 1.96. The van der Waals surface area contributed by atoms with Crippen molar-refractivity contribution in [3.8, 4) is 0 Å². The highest BCUT2D eigenvalue weighted by molar-refractivity contribution is 5.76. The number of carbonyl (C=O) groups is 2. The van der Waals surface area contributed by atoms with Crippen molar-refractivity contribution in [1.29, 1.82) is 0 Å². The summed E-state index contributed by atoms with van der Waals surface area (Å²) >= 11 is 0. The second-order valence-corrected chi connectivity index (χ2v) is 6.24. The van der Waals surface area contributed by atoms with Crippen molar-refractivity contribution in [3.63, 3.8) is 0 Å². The van der Waals surface area contributed by atoms with Crippen LogP contribution in [0.4, 0.5) is 4.79 Å². The first-order valence-electron chi connectivity index (χ1n) is 7.13. The molecule has 1 aliphatic heterocycles. The minimum Gasteiger partial charge on any atom is -0.444 e. The number of nitrogens with zero attached hydrogens (tertiary/aromatic N) is 2. The standard InChI is InChI=1S/C14H26N2O4/c1-11(17)5-6-12(18)15-7-9-16(10-8-15)13(19)20-14(2,3)4/h11,17H,5-10H2,1-4H3/t11-/m0/s1. The van der Waals surface area contributed by atoms with Crippen LogP contribution in [-0.2, 0) is 9.53 Å². The molecule has 1 rings (SSSR count). The van der Waals surface area contributed by atoms with Crippen LogP contribution in [0.2, 0.25) is 0 Å². The Morgan fingerprint density at radius 1 is 1.15 bits per heavy atom. The molecule has 0 bridgehead atoms. The van der Waals surface area contributed by atoms with Gasteiger partial charge in [-0.2, -0.15) is 0 Å². The molecule has 0 aromatic rings. The first kappa shape index (κ1) is 16.8. The van der Waals surface area contributed by atoms with Gasteiger partial charge in [0.05, 0.1) is 6.10 Å². The van der Waals surface area contributed by atoms with Gasteiger partial charge >= 0.3 is 6.09 Å². The fraction of sp³-hybridized carbons (Fsp3) is 0.857. The third-order valence-electron chi connectivity index (χ3n) is 3.06. The molecule has 1 aliphatic rings. The molecule has 0 aliphatic carbocycles.